The number of rotatable bonds is 7. The quantitative estimate of drug-likeness (QED) is 0.444. The van der Waals surface area contributed by atoms with Crippen molar-refractivity contribution in [2.45, 2.75) is 32.4 Å². The summed E-state index contributed by atoms with van der Waals surface area (Å²) in [5.74, 6) is 0.607. The lowest BCUT2D eigenvalue weighted by Gasteiger charge is -2.20. The molecule has 8 nitrogen and oxygen atoms in total. The van der Waals surface area contributed by atoms with Gasteiger partial charge in [0.15, 0.2) is 5.75 Å². The van der Waals surface area contributed by atoms with E-state index in [-0.39, 0.29) is 28.9 Å². The summed E-state index contributed by atoms with van der Waals surface area (Å²) in [6.07, 6.45) is 4.77. The third-order valence-electron chi connectivity index (χ3n) is 5.41. The van der Waals surface area contributed by atoms with Gasteiger partial charge in [0.2, 0.25) is 0 Å². The number of aryl methyl sites for hydroxylation is 1. The van der Waals surface area contributed by atoms with E-state index >= 15 is 0 Å². The molecule has 1 aromatic carbocycles. The number of nitrogens with zero attached hydrogens (tertiary/aromatic N) is 4. The molecule has 4 rings (SSSR count). The Hall–Kier alpha value is -3.49. The second-order valence-electron chi connectivity index (χ2n) is 7.63. The summed E-state index contributed by atoms with van der Waals surface area (Å²) in [6.45, 7) is 2.25. The van der Waals surface area contributed by atoms with Gasteiger partial charge in [-0.1, -0.05) is 37.1 Å². The highest BCUT2D eigenvalue weighted by atomic mass is 35.5. The molecule has 0 aliphatic heterocycles. The Labute approximate surface area is 194 Å². The van der Waals surface area contributed by atoms with Crippen LogP contribution in [0.4, 0.5) is 0 Å². The Morgan fingerprint density at radius 3 is 2.58 bits per heavy atom. The van der Waals surface area contributed by atoms with Gasteiger partial charge in [-0.15, -0.1) is 0 Å². The minimum atomic E-state index is -1.23. The second kappa shape index (κ2) is 9.56. The number of unbranched alkanes of at least 4 members (excludes halogenated alkanes) is 1. The maximum absolute atomic E-state index is 13.5. The molecule has 0 saturated carbocycles. The fraction of sp³-hybridized carbons (Fsp3) is 0.250. The molecule has 1 unspecified atom stereocenters. The van der Waals surface area contributed by atoms with E-state index in [0.29, 0.717) is 22.8 Å². The molecular weight excluding hydrogens is 444 g/mol. The topological polar surface area (TPSA) is 99.2 Å². The summed E-state index contributed by atoms with van der Waals surface area (Å²) in [4.78, 5) is 34.8. The normalized spacial score (nSPS) is 12.1. The number of pyridine rings is 2. The molecule has 33 heavy (non-hydrogen) atoms. The number of aliphatic hydroxyl groups is 1. The molecule has 3 heterocycles. The van der Waals surface area contributed by atoms with Gasteiger partial charge in [0.05, 0.1) is 17.8 Å². The largest absolute Gasteiger partial charge is 0.454 e. The molecule has 4 aromatic rings. The van der Waals surface area contributed by atoms with Gasteiger partial charge in [-0.05, 0) is 36.2 Å². The lowest BCUT2D eigenvalue weighted by atomic mass is 9.98. The van der Waals surface area contributed by atoms with E-state index in [2.05, 4.69) is 9.97 Å². The molecule has 0 radical (unpaired) electrons. The Bertz CT molecular complexity index is 1400. The summed E-state index contributed by atoms with van der Waals surface area (Å²) in [6, 6.07) is 10.1. The van der Waals surface area contributed by atoms with E-state index in [9.17, 15) is 14.7 Å². The lowest BCUT2D eigenvalue weighted by Crippen LogP contribution is -2.40. The third-order valence-corrected chi connectivity index (χ3v) is 5.67. The zero-order valence-electron chi connectivity index (χ0n) is 18.2. The predicted octanol–water partition coefficient (Wildman–Crippen LogP) is 3.82. The smallest absolute Gasteiger partial charge is 0.332 e. The van der Waals surface area contributed by atoms with Crippen molar-refractivity contribution in [2.24, 2.45) is 7.05 Å². The molecule has 0 fully saturated rings. The first-order valence-corrected chi connectivity index (χ1v) is 10.9. The molecule has 3 aromatic heterocycles. The van der Waals surface area contributed by atoms with Crippen molar-refractivity contribution in [1.29, 1.82) is 0 Å². The van der Waals surface area contributed by atoms with Crippen LogP contribution < -0.4 is 16.0 Å². The summed E-state index contributed by atoms with van der Waals surface area (Å²) in [7, 11) is 1.56. The van der Waals surface area contributed by atoms with Crippen LogP contribution in [0.3, 0.4) is 0 Å². The summed E-state index contributed by atoms with van der Waals surface area (Å²) in [5, 5.41) is 12.0. The number of hydrogen-bond donors (Lipinski definition) is 1. The number of hydrogen-bond acceptors (Lipinski definition) is 6. The number of benzene rings is 1. The fourth-order valence-electron chi connectivity index (χ4n) is 3.67. The minimum Gasteiger partial charge on any atom is -0.454 e. The van der Waals surface area contributed by atoms with Gasteiger partial charge in [0, 0.05) is 30.4 Å². The summed E-state index contributed by atoms with van der Waals surface area (Å²) in [5.41, 5.74) is -0.0809. The van der Waals surface area contributed by atoms with Crippen molar-refractivity contribution < 1.29 is 9.84 Å². The molecule has 0 aliphatic carbocycles. The van der Waals surface area contributed by atoms with Crippen molar-refractivity contribution in [1.82, 2.24) is 19.1 Å². The number of aliphatic hydroxyl groups excluding tert-OH is 1. The van der Waals surface area contributed by atoms with Crippen LogP contribution in [-0.2, 0) is 13.6 Å². The third kappa shape index (κ3) is 4.40. The Kier molecular flexibility index (Phi) is 6.57. The van der Waals surface area contributed by atoms with Crippen LogP contribution in [0, 0.1) is 0 Å². The zero-order valence-corrected chi connectivity index (χ0v) is 19.0. The van der Waals surface area contributed by atoms with Crippen molar-refractivity contribution >= 4 is 22.6 Å². The maximum Gasteiger partial charge on any atom is 0.332 e. The number of halogens is 1. The van der Waals surface area contributed by atoms with Crippen molar-refractivity contribution in [3.05, 3.63) is 92.0 Å². The first-order valence-electron chi connectivity index (χ1n) is 10.6. The average Bonchev–Trinajstić information content (AvgIpc) is 2.83. The van der Waals surface area contributed by atoms with Crippen LogP contribution in [0.25, 0.3) is 11.0 Å². The molecule has 1 N–H and O–H groups in total. The second-order valence-corrected chi connectivity index (χ2v) is 8.07. The molecule has 0 amide bonds. The molecule has 9 heteroatoms. The van der Waals surface area contributed by atoms with E-state index in [0.717, 1.165) is 6.42 Å². The number of fused-ring (bicyclic) bond motifs is 1. The van der Waals surface area contributed by atoms with Crippen LogP contribution in [0.5, 0.6) is 11.5 Å². The van der Waals surface area contributed by atoms with Gasteiger partial charge in [0.25, 0.3) is 5.56 Å². The molecular formula is C24H23ClN4O4. The average molecular weight is 467 g/mol. The van der Waals surface area contributed by atoms with Crippen molar-refractivity contribution in [3.63, 3.8) is 0 Å². The molecule has 0 aliphatic rings. The minimum absolute atomic E-state index is 0.122. The maximum atomic E-state index is 13.5. The zero-order chi connectivity index (χ0) is 23.5. The lowest BCUT2D eigenvalue weighted by molar-refractivity contribution is 0.217. The number of aromatic nitrogens is 4. The van der Waals surface area contributed by atoms with Gasteiger partial charge in [-0.3, -0.25) is 18.9 Å². The van der Waals surface area contributed by atoms with Crippen LogP contribution in [0.1, 0.15) is 37.0 Å². The molecule has 170 valence electrons. The van der Waals surface area contributed by atoms with E-state index in [1.54, 1.807) is 49.6 Å². The Balaban J connectivity index is 2.02. The van der Waals surface area contributed by atoms with Crippen LogP contribution in [0.2, 0.25) is 5.02 Å². The Morgan fingerprint density at radius 1 is 1.15 bits per heavy atom. The van der Waals surface area contributed by atoms with Crippen molar-refractivity contribution in [2.75, 3.05) is 0 Å². The van der Waals surface area contributed by atoms with E-state index < -0.39 is 17.4 Å². The van der Waals surface area contributed by atoms with Gasteiger partial charge >= 0.3 is 5.69 Å². The molecule has 0 bridgehead atoms. The van der Waals surface area contributed by atoms with Gasteiger partial charge in [0.1, 0.15) is 17.5 Å². The molecule has 0 saturated heterocycles. The van der Waals surface area contributed by atoms with E-state index in [1.165, 1.54) is 21.5 Å². The van der Waals surface area contributed by atoms with Crippen LogP contribution >= 0.6 is 11.6 Å². The van der Waals surface area contributed by atoms with E-state index in [4.69, 9.17) is 16.3 Å². The molecule has 1 atom stereocenters. The highest BCUT2D eigenvalue weighted by molar-refractivity contribution is 6.30. The first kappa shape index (κ1) is 22.7. The van der Waals surface area contributed by atoms with Crippen LogP contribution in [0.15, 0.2) is 64.6 Å². The standard InChI is InChI=1S/C24H23ClN4O4/c1-3-4-12-29-23(31)20-19(21(30)15-7-9-16(25)10-8-15)18(33-17-6-5-11-26-13-17)14-27-22(20)28(2)24(29)32/h5-11,13-14,21,30H,3-4,12H2,1-2H3. The highest BCUT2D eigenvalue weighted by Crippen LogP contribution is 2.36. The molecule has 0 spiro atoms. The Morgan fingerprint density at radius 2 is 1.91 bits per heavy atom. The SMILES string of the molecule is CCCCn1c(=O)c2c(C(O)c3ccc(Cl)cc3)c(Oc3cccnc3)cnc2n(C)c1=O. The summed E-state index contributed by atoms with van der Waals surface area (Å²) < 4.78 is 8.48. The predicted molar refractivity (Wildman–Crippen MR) is 126 cm³/mol. The van der Waals surface area contributed by atoms with Gasteiger partial charge in [-0.2, -0.15) is 0 Å². The highest BCUT2D eigenvalue weighted by Gasteiger charge is 2.25. The number of ether oxygens (including phenoxy) is 1. The van der Waals surface area contributed by atoms with Crippen molar-refractivity contribution in [3.8, 4) is 11.5 Å². The fourth-order valence-corrected chi connectivity index (χ4v) is 3.79. The van der Waals surface area contributed by atoms with E-state index in [1.807, 2.05) is 6.92 Å². The monoisotopic (exact) mass is 466 g/mol. The summed E-state index contributed by atoms with van der Waals surface area (Å²) >= 11 is 6.01. The van der Waals surface area contributed by atoms with Gasteiger partial charge in [-0.25, -0.2) is 9.78 Å². The van der Waals surface area contributed by atoms with Gasteiger partial charge < -0.3 is 9.84 Å². The first-order chi connectivity index (χ1) is 15.9. The van der Waals surface area contributed by atoms with Crippen LogP contribution in [-0.4, -0.2) is 24.2 Å².